The monoisotopic (exact) mass is 321 g/mol. The highest BCUT2D eigenvalue weighted by Crippen LogP contribution is 2.24. The van der Waals surface area contributed by atoms with Crippen LogP contribution in [0.15, 0.2) is 40.9 Å². The van der Waals surface area contributed by atoms with E-state index in [0.717, 1.165) is 16.8 Å². The minimum Gasteiger partial charge on any atom is -0.481 e. The summed E-state index contributed by atoms with van der Waals surface area (Å²) < 4.78 is 6.19. The molecule has 0 unspecified atom stereocenters. The van der Waals surface area contributed by atoms with Crippen molar-refractivity contribution in [2.75, 3.05) is 24.8 Å². The lowest BCUT2D eigenvalue weighted by Gasteiger charge is -2.20. The van der Waals surface area contributed by atoms with Crippen molar-refractivity contribution in [1.29, 1.82) is 0 Å². The molecule has 0 atom stereocenters. The molecule has 0 aliphatic rings. The van der Waals surface area contributed by atoms with Crippen LogP contribution in [0.1, 0.15) is 5.56 Å². The molecule has 19 heavy (non-hydrogen) atoms. The van der Waals surface area contributed by atoms with E-state index in [1.54, 1.807) is 19.2 Å². The summed E-state index contributed by atoms with van der Waals surface area (Å²) in [7, 11) is 3.55. The molecule has 5 heteroatoms. The van der Waals surface area contributed by atoms with E-state index in [-0.39, 0.29) is 0 Å². The van der Waals surface area contributed by atoms with Crippen molar-refractivity contribution in [3.63, 3.8) is 0 Å². The van der Waals surface area contributed by atoms with Gasteiger partial charge in [-0.3, -0.25) is 0 Å². The number of hydrogen-bond donors (Lipinski definition) is 1. The fourth-order valence-corrected chi connectivity index (χ4v) is 2.06. The molecule has 0 bridgehead atoms. The number of hydrogen-bond acceptors (Lipinski definition) is 4. The van der Waals surface area contributed by atoms with Crippen molar-refractivity contribution >= 4 is 27.4 Å². The third-order valence-electron chi connectivity index (χ3n) is 2.78. The van der Waals surface area contributed by atoms with Crippen molar-refractivity contribution in [3.8, 4) is 5.88 Å². The van der Waals surface area contributed by atoms with Gasteiger partial charge in [0, 0.05) is 24.1 Å². The summed E-state index contributed by atoms with van der Waals surface area (Å²) in [6, 6.07) is 11.7. The number of halogens is 1. The second kappa shape index (κ2) is 5.93. The molecule has 0 aliphatic heterocycles. The van der Waals surface area contributed by atoms with Crippen molar-refractivity contribution in [1.82, 2.24) is 4.98 Å². The number of methoxy groups -OCH3 is 1. The molecule has 1 aromatic heterocycles. The Bertz CT molecular complexity index is 557. The molecule has 4 nitrogen and oxygen atoms in total. The molecule has 0 fully saturated rings. The van der Waals surface area contributed by atoms with Crippen molar-refractivity contribution in [2.45, 2.75) is 6.54 Å². The van der Waals surface area contributed by atoms with Crippen LogP contribution in [0.25, 0.3) is 0 Å². The number of nitrogens with zero attached hydrogens (tertiary/aromatic N) is 2. The first-order valence-electron chi connectivity index (χ1n) is 5.86. The number of pyridine rings is 1. The number of aromatic nitrogens is 1. The molecule has 0 radical (unpaired) electrons. The highest BCUT2D eigenvalue weighted by atomic mass is 79.9. The van der Waals surface area contributed by atoms with Crippen LogP contribution >= 0.6 is 15.9 Å². The van der Waals surface area contributed by atoms with Gasteiger partial charge in [-0.15, -0.1) is 0 Å². The lowest BCUT2D eigenvalue weighted by Crippen LogP contribution is -2.19. The number of nitrogens with two attached hydrogens (primary N) is 1. The molecule has 0 spiro atoms. The van der Waals surface area contributed by atoms with E-state index in [4.69, 9.17) is 10.5 Å². The maximum atomic E-state index is 5.96. The van der Waals surface area contributed by atoms with Gasteiger partial charge in [0.05, 0.1) is 12.8 Å². The summed E-state index contributed by atoms with van der Waals surface area (Å²) in [5.41, 5.74) is 7.78. The van der Waals surface area contributed by atoms with Gasteiger partial charge in [-0.25, -0.2) is 0 Å². The van der Waals surface area contributed by atoms with E-state index in [0.29, 0.717) is 11.6 Å². The first-order chi connectivity index (χ1) is 9.10. The van der Waals surface area contributed by atoms with Crippen LogP contribution < -0.4 is 15.4 Å². The predicted molar refractivity (Wildman–Crippen MR) is 81.5 cm³/mol. The molecule has 0 aliphatic carbocycles. The highest BCUT2D eigenvalue weighted by Gasteiger charge is 2.09. The molecule has 2 rings (SSSR count). The molecule has 0 saturated heterocycles. The lowest BCUT2D eigenvalue weighted by atomic mass is 10.2. The first-order valence-corrected chi connectivity index (χ1v) is 6.65. The third kappa shape index (κ3) is 3.38. The Morgan fingerprint density at radius 2 is 1.89 bits per heavy atom. The summed E-state index contributed by atoms with van der Waals surface area (Å²) in [5, 5.41) is 0. The molecular weight excluding hydrogens is 306 g/mol. The van der Waals surface area contributed by atoms with Gasteiger partial charge in [0.25, 0.3) is 0 Å². The standard InChI is InChI=1S/C14H16BrN3O/c1-18(9-10-3-5-11(15)6-4-10)14-12(16)7-8-13(17-14)19-2/h3-8H,9,16H2,1-2H3. The van der Waals surface area contributed by atoms with Crippen LogP contribution in [0.4, 0.5) is 11.5 Å². The Morgan fingerprint density at radius 1 is 1.21 bits per heavy atom. The molecular formula is C14H16BrN3O. The zero-order valence-electron chi connectivity index (χ0n) is 10.9. The predicted octanol–water partition coefficient (Wildman–Crippen LogP) is 3.07. The normalized spacial score (nSPS) is 10.3. The molecule has 100 valence electrons. The first kappa shape index (κ1) is 13.7. The molecule has 1 aromatic carbocycles. The molecule has 2 aromatic rings. The average molecular weight is 322 g/mol. The summed E-state index contributed by atoms with van der Waals surface area (Å²) >= 11 is 3.42. The van der Waals surface area contributed by atoms with Gasteiger partial charge in [-0.2, -0.15) is 4.98 Å². The number of rotatable bonds is 4. The van der Waals surface area contributed by atoms with Crippen LogP contribution in [0.2, 0.25) is 0 Å². The molecule has 1 heterocycles. The second-order valence-electron chi connectivity index (χ2n) is 4.25. The van der Waals surface area contributed by atoms with E-state index in [1.807, 2.05) is 24.1 Å². The van der Waals surface area contributed by atoms with E-state index >= 15 is 0 Å². The summed E-state index contributed by atoms with van der Waals surface area (Å²) in [6.45, 7) is 0.734. The van der Waals surface area contributed by atoms with E-state index < -0.39 is 0 Å². The summed E-state index contributed by atoms with van der Waals surface area (Å²) in [6.07, 6.45) is 0. The van der Waals surface area contributed by atoms with E-state index in [1.165, 1.54) is 5.56 Å². The van der Waals surface area contributed by atoms with Gasteiger partial charge in [-0.05, 0) is 23.8 Å². The highest BCUT2D eigenvalue weighted by molar-refractivity contribution is 9.10. The maximum Gasteiger partial charge on any atom is 0.215 e. The summed E-state index contributed by atoms with van der Waals surface area (Å²) in [5.74, 6) is 1.29. The Morgan fingerprint density at radius 3 is 2.53 bits per heavy atom. The fourth-order valence-electron chi connectivity index (χ4n) is 1.80. The Kier molecular flexibility index (Phi) is 4.27. The van der Waals surface area contributed by atoms with Crippen LogP contribution in [-0.4, -0.2) is 19.1 Å². The SMILES string of the molecule is COc1ccc(N)c(N(C)Cc2ccc(Br)cc2)n1. The fraction of sp³-hybridized carbons (Fsp3) is 0.214. The van der Waals surface area contributed by atoms with Gasteiger partial charge in [0.1, 0.15) is 0 Å². The largest absolute Gasteiger partial charge is 0.481 e. The van der Waals surface area contributed by atoms with Crippen LogP contribution in [-0.2, 0) is 6.54 Å². The quantitative estimate of drug-likeness (QED) is 0.940. The number of ether oxygens (including phenoxy) is 1. The van der Waals surface area contributed by atoms with Gasteiger partial charge in [0.2, 0.25) is 5.88 Å². The molecule has 0 saturated carbocycles. The third-order valence-corrected chi connectivity index (χ3v) is 3.31. The minimum absolute atomic E-state index is 0.562. The minimum atomic E-state index is 0.562. The maximum absolute atomic E-state index is 5.96. The van der Waals surface area contributed by atoms with E-state index in [2.05, 4.69) is 33.0 Å². The number of benzene rings is 1. The second-order valence-corrected chi connectivity index (χ2v) is 5.16. The van der Waals surface area contributed by atoms with Crippen LogP contribution in [0.5, 0.6) is 5.88 Å². The van der Waals surface area contributed by atoms with Crippen molar-refractivity contribution in [2.24, 2.45) is 0 Å². The Balaban J connectivity index is 2.19. The Hall–Kier alpha value is -1.75. The van der Waals surface area contributed by atoms with Crippen LogP contribution in [0.3, 0.4) is 0 Å². The number of nitrogen functional groups attached to an aromatic ring is 1. The van der Waals surface area contributed by atoms with Crippen molar-refractivity contribution in [3.05, 3.63) is 46.4 Å². The van der Waals surface area contributed by atoms with Gasteiger partial charge >= 0.3 is 0 Å². The topological polar surface area (TPSA) is 51.4 Å². The zero-order valence-corrected chi connectivity index (χ0v) is 12.5. The van der Waals surface area contributed by atoms with Crippen LogP contribution in [0, 0.1) is 0 Å². The van der Waals surface area contributed by atoms with Gasteiger partial charge < -0.3 is 15.4 Å². The molecule has 0 amide bonds. The van der Waals surface area contributed by atoms with Crippen molar-refractivity contribution < 1.29 is 4.74 Å². The van der Waals surface area contributed by atoms with E-state index in [9.17, 15) is 0 Å². The van der Waals surface area contributed by atoms with Gasteiger partial charge in [-0.1, -0.05) is 28.1 Å². The Labute approximate surface area is 121 Å². The lowest BCUT2D eigenvalue weighted by molar-refractivity contribution is 0.398. The van der Waals surface area contributed by atoms with Gasteiger partial charge in [0.15, 0.2) is 5.82 Å². The summed E-state index contributed by atoms with van der Waals surface area (Å²) in [4.78, 5) is 6.37. The smallest absolute Gasteiger partial charge is 0.215 e. The number of anilines is 2. The molecule has 2 N–H and O–H groups in total. The zero-order chi connectivity index (χ0) is 13.8. The average Bonchev–Trinajstić information content (AvgIpc) is 2.42.